The van der Waals surface area contributed by atoms with Gasteiger partial charge in [-0.25, -0.2) is 0 Å². The van der Waals surface area contributed by atoms with Crippen molar-refractivity contribution >= 4 is 34.5 Å². The van der Waals surface area contributed by atoms with Crippen LogP contribution < -0.4 is 0 Å². The zero-order valence-electron chi connectivity index (χ0n) is 9.31. The van der Waals surface area contributed by atoms with Crippen LogP contribution in [0.3, 0.4) is 0 Å². The first-order valence-corrected chi connectivity index (χ1v) is 6.15. The number of halogens is 1. The molecule has 92 valence electrons. The number of hydrogen-bond acceptors (Lipinski definition) is 2. The molecule has 5 heteroatoms. The second kappa shape index (κ2) is 5.48. The molecule has 17 heavy (non-hydrogen) atoms. The Morgan fingerprint density at radius 1 is 1.18 bits per heavy atom. The van der Waals surface area contributed by atoms with E-state index in [-0.39, 0.29) is 6.42 Å². The van der Waals surface area contributed by atoms with Crippen LogP contribution in [0.15, 0.2) is 24.3 Å². The van der Waals surface area contributed by atoms with Gasteiger partial charge in [0.15, 0.2) is 5.41 Å². The molecule has 0 aliphatic carbocycles. The van der Waals surface area contributed by atoms with Crippen molar-refractivity contribution in [2.45, 2.75) is 19.8 Å². The zero-order chi connectivity index (χ0) is 13.1. The molecule has 0 amide bonds. The fourth-order valence-corrected chi connectivity index (χ4v) is 1.71. The Hall–Kier alpha value is -1.11. The molecule has 0 spiro atoms. The molecule has 0 aromatic heterocycles. The van der Waals surface area contributed by atoms with Gasteiger partial charge in [-0.2, -0.15) is 0 Å². The first-order chi connectivity index (χ1) is 7.86. The minimum absolute atomic E-state index is 0.0816. The Morgan fingerprint density at radius 2 is 1.65 bits per heavy atom. The van der Waals surface area contributed by atoms with E-state index >= 15 is 0 Å². The first kappa shape index (κ1) is 14.0. The van der Waals surface area contributed by atoms with Crippen molar-refractivity contribution in [3.05, 3.63) is 33.4 Å². The smallest absolute Gasteiger partial charge is 0.320 e. The number of benzene rings is 1. The van der Waals surface area contributed by atoms with Crippen molar-refractivity contribution in [3.8, 4) is 0 Å². The Balaban J connectivity index is 2.74. The molecule has 0 saturated carbocycles. The van der Waals surface area contributed by atoms with Crippen LogP contribution in [0.25, 0.3) is 0 Å². The van der Waals surface area contributed by atoms with Crippen LogP contribution in [-0.4, -0.2) is 22.2 Å². The Labute approximate surface area is 113 Å². The minimum atomic E-state index is -1.72. The summed E-state index contributed by atoms with van der Waals surface area (Å²) in [7, 11) is 0. The summed E-state index contributed by atoms with van der Waals surface area (Å²) in [6, 6.07) is 7.58. The number of carboxylic acid groups (broad SMARTS) is 2. The molecule has 0 heterocycles. The number of carboxylic acids is 2. The maximum Gasteiger partial charge on any atom is 0.320 e. The van der Waals surface area contributed by atoms with Crippen LogP contribution in [0.1, 0.15) is 18.9 Å². The lowest BCUT2D eigenvalue weighted by Crippen LogP contribution is -2.36. The Kier molecular flexibility index (Phi) is 4.50. The number of carbonyl (C=O) groups is 2. The van der Waals surface area contributed by atoms with Crippen molar-refractivity contribution in [3.63, 3.8) is 0 Å². The van der Waals surface area contributed by atoms with Crippen molar-refractivity contribution < 1.29 is 19.8 Å². The van der Waals surface area contributed by atoms with Gasteiger partial charge in [0.05, 0.1) is 0 Å². The Bertz CT molecular complexity index is 411. The lowest BCUT2D eigenvalue weighted by atomic mass is 9.84. The summed E-state index contributed by atoms with van der Waals surface area (Å²) in [4.78, 5) is 21.9. The normalized spacial score (nSPS) is 11.2. The topological polar surface area (TPSA) is 74.6 Å². The van der Waals surface area contributed by atoms with Crippen molar-refractivity contribution in [1.29, 1.82) is 0 Å². The molecule has 0 saturated heterocycles. The van der Waals surface area contributed by atoms with E-state index in [0.29, 0.717) is 6.42 Å². The Morgan fingerprint density at radius 3 is 2.06 bits per heavy atom. The lowest BCUT2D eigenvalue weighted by molar-refractivity contribution is -0.163. The van der Waals surface area contributed by atoms with E-state index in [1.54, 1.807) is 0 Å². The summed E-state index contributed by atoms with van der Waals surface area (Å²) in [5.74, 6) is -2.59. The third-order valence-electron chi connectivity index (χ3n) is 2.77. The summed E-state index contributed by atoms with van der Waals surface area (Å²) in [5.41, 5.74) is -0.776. The summed E-state index contributed by atoms with van der Waals surface area (Å²) < 4.78 is 1.09. The van der Waals surface area contributed by atoms with Gasteiger partial charge in [0.1, 0.15) is 0 Å². The van der Waals surface area contributed by atoms with Crippen molar-refractivity contribution in [1.82, 2.24) is 0 Å². The quantitative estimate of drug-likeness (QED) is 0.635. The van der Waals surface area contributed by atoms with Gasteiger partial charge in [-0.05, 0) is 60.1 Å². The maximum atomic E-state index is 11.0. The van der Waals surface area contributed by atoms with E-state index in [1.807, 2.05) is 24.3 Å². The summed E-state index contributed by atoms with van der Waals surface area (Å²) >= 11 is 2.17. The molecular weight excluding hydrogens is 331 g/mol. The molecule has 0 atom stereocenters. The van der Waals surface area contributed by atoms with E-state index in [9.17, 15) is 9.59 Å². The van der Waals surface area contributed by atoms with E-state index in [4.69, 9.17) is 10.2 Å². The zero-order valence-corrected chi connectivity index (χ0v) is 11.5. The van der Waals surface area contributed by atoms with Crippen molar-refractivity contribution in [2.24, 2.45) is 5.41 Å². The highest BCUT2D eigenvalue weighted by Gasteiger charge is 2.40. The van der Waals surface area contributed by atoms with E-state index in [1.165, 1.54) is 6.92 Å². The average Bonchev–Trinajstić information content (AvgIpc) is 2.27. The molecule has 4 nitrogen and oxygen atoms in total. The maximum absolute atomic E-state index is 11.0. The largest absolute Gasteiger partial charge is 0.480 e. The monoisotopic (exact) mass is 344 g/mol. The second-order valence-corrected chi connectivity index (χ2v) is 5.31. The predicted octanol–water partition coefficient (Wildman–Crippen LogP) is 2.40. The van der Waals surface area contributed by atoms with Gasteiger partial charge in [-0.3, -0.25) is 9.59 Å². The lowest BCUT2D eigenvalue weighted by Gasteiger charge is -2.19. The minimum Gasteiger partial charge on any atom is -0.480 e. The van der Waals surface area contributed by atoms with Gasteiger partial charge in [-0.15, -0.1) is 0 Å². The van der Waals surface area contributed by atoms with Gasteiger partial charge in [-0.1, -0.05) is 12.1 Å². The fourth-order valence-electron chi connectivity index (χ4n) is 1.35. The molecule has 0 aliphatic rings. The van der Waals surface area contributed by atoms with E-state index < -0.39 is 17.4 Å². The van der Waals surface area contributed by atoms with Gasteiger partial charge in [0.25, 0.3) is 0 Å². The number of hydrogen-bond donors (Lipinski definition) is 2. The number of aryl methyl sites for hydroxylation is 1. The molecule has 0 radical (unpaired) electrons. The molecule has 0 unspecified atom stereocenters. The molecule has 0 fully saturated rings. The van der Waals surface area contributed by atoms with Crippen LogP contribution in [-0.2, 0) is 16.0 Å². The third-order valence-corrected chi connectivity index (χ3v) is 3.49. The highest BCUT2D eigenvalue weighted by atomic mass is 123. The highest BCUT2D eigenvalue weighted by molar-refractivity contribution is 14.1. The standard InChI is InChI=1S/C12H13IO4/c1-12(10(14)15,11(16)17)7-6-8-2-4-9(13)5-3-8/h2-5H,6-7H2,1H3,(H,14,15)(H,16,17)/i13-4. The summed E-state index contributed by atoms with van der Waals surface area (Å²) in [6.07, 6.45) is 0.518. The van der Waals surface area contributed by atoms with Crippen LogP contribution in [0, 0.1) is 8.99 Å². The van der Waals surface area contributed by atoms with Gasteiger partial charge >= 0.3 is 11.9 Å². The molecule has 1 aromatic carbocycles. The fraction of sp³-hybridized carbons (Fsp3) is 0.333. The van der Waals surface area contributed by atoms with E-state index in [0.717, 1.165) is 9.13 Å². The van der Waals surface area contributed by atoms with Crippen LogP contribution >= 0.6 is 22.6 Å². The highest BCUT2D eigenvalue weighted by Crippen LogP contribution is 2.24. The first-order valence-electron chi connectivity index (χ1n) is 5.07. The number of aliphatic carboxylic acids is 2. The second-order valence-electron chi connectivity index (χ2n) is 4.07. The molecule has 2 N–H and O–H groups in total. The van der Waals surface area contributed by atoms with E-state index in [2.05, 4.69) is 22.6 Å². The number of rotatable bonds is 5. The van der Waals surface area contributed by atoms with Crippen molar-refractivity contribution in [2.75, 3.05) is 0 Å². The third kappa shape index (κ3) is 3.42. The average molecular weight is 344 g/mol. The van der Waals surface area contributed by atoms with Gasteiger partial charge < -0.3 is 10.2 Å². The molecule has 0 bridgehead atoms. The van der Waals surface area contributed by atoms with Crippen LogP contribution in [0.2, 0.25) is 0 Å². The molecular formula is C12H13IO4. The predicted molar refractivity (Wildman–Crippen MR) is 70.9 cm³/mol. The van der Waals surface area contributed by atoms with Gasteiger partial charge in [0, 0.05) is 3.57 Å². The molecule has 0 aliphatic heterocycles. The summed E-state index contributed by atoms with van der Waals surface area (Å²) in [6.45, 7) is 1.24. The van der Waals surface area contributed by atoms with Crippen LogP contribution in [0.5, 0.6) is 0 Å². The summed E-state index contributed by atoms with van der Waals surface area (Å²) in [5, 5.41) is 17.9. The van der Waals surface area contributed by atoms with Crippen LogP contribution in [0.4, 0.5) is 0 Å². The SMILES string of the molecule is CC(CCc1ccc([123I])cc1)(C(=O)O)C(=O)O. The van der Waals surface area contributed by atoms with Gasteiger partial charge in [0.2, 0.25) is 0 Å². The molecule has 1 aromatic rings. The molecule has 1 rings (SSSR count).